The molecule has 2 amide bonds. The molecule has 0 radical (unpaired) electrons. The Hall–Kier alpha value is -1.80. The Morgan fingerprint density at radius 2 is 2.00 bits per heavy atom. The average Bonchev–Trinajstić information content (AvgIpc) is 2.86. The second-order valence-electron chi connectivity index (χ2n) is 6.41. The first-order chi connectivity index (χ1) is 10.1. The second kappa shape index (κ2) is 5.77. The van der Waals surface area contributed by atoms with Crippen LogP contribution in [0.2, 0.25) is 0 Å². The highest BCUT2D eigenvalue weighted by atomic mass is 19.4. The first kappa shape index (κ1) is 16.6. The molecule has 6 nitrogen and oxygen atoms in total. The minimum Gasteiger partial charge on any atom is -0.417 e. The highest BCUT2D eigenvalue weighted by molar-refractivity contribution is 5.75. The summed E-state index contributed by atoms with van der Waals surface area (Å²) in [4.78, 5) is 13.7. The summed E-state index contributed by atoms with van der Waals surface area (Å²) in [6.07, 6.45) is -3.37. The summed E-state index contributed by atoms with van der Waals surface area (Å²) in [5, 5.41) is 9.34. The van der Waals surface area contributed by atoms with Crippen LogP contribution in [-0.2, 0) is 6.18 Å². The summed E-state index contributed by atoms with van der Waals surface area (Å²) in [6.45, 7) is 6.40. The molecule has 1 aliphatic heterocycles. The Labute approximate surface area is 126 Å². The van der Waals surface area contributed by atoms with E-state index >= 15 is 0 Å². The van der Waals surface area contributed by atoms with E-state index in [2.05, 4.69) is 15.5 Å². The molecule has 2 heterocycles. The van der Waals surface area contributed by atoms with Crippen LogP contribution in [0.15, 0.2) is 4.42 Å². The average molecular weight is 320 g/mol. The first-order valence-electron chi connectivity index (χ1n) is 7.04. The van der Waals surface area contributed by atoms with Gasteiger partial charge in [0.25, 0.3) is 0 Å². The van der Waals surface area contributed by atoms with Gasteiger partial charge in [-0.05, 0) is 33.6 Å². The molecule has 2 rings (SSSR count). The van der Waals surface area contributed by atoms with Gasteiger partial charge in [-0.25, -0.2) is 4.79 Å². The lowest BCUT2D eigenvalue weighted by molar-refractivity contribution is -0.157. The number of piperidine rings is 1. The van der Waals surface area contributed by atoms with E-state index in [0.29, 0.717) is 19.4 Å². The first-order valence-corrected chi connectivity index (χ1v) is 7.04. The van der Waals surface area contributed by atoms with E-state index in [1.54, 1.807) is 4.90 Å². The number of hydrogen-bond acceptors (Lipinski definition) is 4. The second-order valence-corrected chi connectivity index (χ2v) is 6.41. The van der Waals surface area contributed by atoms with Crippen molar-refractivity contribution in [1.29, 1.82) is 0 Å². The van der Waals surface area contributed by atoms with Crippen LogP contribution in [0.3, 0.4) is 0 Å². The van der Waals surface area contributed by atoms with Crippen molar-refractivity contribution >= 4 is 6.03 Å². The Kier molecular flexibility index (Phi) is 4.35. The Morgan fingerprint density at radius 3 is 2.55 bits per heavy atom. The number of likely N-dealkylation sites (tertiary alicyclic amines) is 1. The van der Waals surface area contributed by atoms with Gasteiger partial charge in [-0.2, -0.15) is 13.2 Å². The molecule has 1 aromatic rings. The van der Waals surface area contributed by atoms with Crippen molar-refractivity contribution < 1.29 is 22.4 Å². The van der Waals surface area contributed by atoms with Crippen LogP contribution < -0.4 is 5.32 Å². The number of rotatable bonds is 1. The lowest BCUT2D eigenvalue weighted by Crippen LogP contribution is -2.51. The minimum absolute atomic E-state index is 0.0689. The van der Waals surface area contributed by atoms with Crippen molar-refractivity contribution in [3.8, 4) is 0 Å². The number of nitrogens with one attached hydrogen (secondary N) is 1. The van der Waals surface area contributed by atoms with Gasteiger partial charge in [0.2, 0.25) is 5.89 Å². The molecule has 1 fully saturated rings. The van der Waals surface area contributed by atoms with Crippen molar-refractivity contribution in [1.82, 2.24) is 20.4 Å². The Morgan fingerprint density at radius 1 is 1.32 bits per heavy atom. The number of alkyl halides is 3. The quantitative estimate of drug-likeness (QED) is 0.864. The molecule has 0 aromatic carbocycles. The molecular weight excluding hydrogens is 301 g/mol. The van der Waals surface area contributed by atoms with Crippen molar-refractivity contribution in [3.63, 3.8) is 0 Å². The van der Waals surface area contributed by atoms with Crippen LogP contribution in [0.25, 0.3) is 0 Å². The third-order valence-corrected chi connectivity index (χ3v) is 3.22. The third kappa shape index (κ3) is 4.11. The van der Waals surface area contributed by atoms with Crippen LogP contribution in [0, 0.1) is 0 Å². The highest BCUT2D eigenvalue weighted by Crippen LogP contribution is 2.32. The minimum atomic E-state index is -4.65. The molecule has 0 aliphatic carbocycles. The van der Waals surface area contributed by atoms with E-state index in [0.717, 1.165) is 0 Å². The molecule has 1 aliphatic rings. The van der Waals surface area contributed by atoms with E-state index in [1.165, 1.54) is 0 Å². The van der Waals surface area contributed by atoms with Crippen molar-refractivity contribution in [2.45, 2.75) is 51.2 Å². The summed E-state index contributed by atoms with van der Waals surface area (Å²) in [5.41, 5.74) is -0.377. The summed E-state index contributed by atoms with van der Waals surface area (Å²) in [5.74, 6) is -1.79. The molecule has 0 saturated carbocycles. The largest absolute Gasteiger partial charge is 0.470 e. The fourth-order valence-corrected chi connectivity index (χ4v) is 2.28. The summed E-state index contributed by atoms with van der Waals surface area (Å²) >= 11 is 0. The number of amides is 2. The number of halogens is 3. The van der Waals surface area contributed by atoms with Crippen molar-refractivity contribution in [2.75, 3.05) is 13.1 Å². The van der Waals surface area contributed by atoms with Gasteiger partial charge in [0.15, 0.2) is 0 Å². The predicted octanol–water partition coefficient (Wildman–Crippen LogP) is 2.78. The zero-order chi connectivity index (χ0) is 16.5. The molecule has 9 heteroatoms. The maximum Gasteiger partial charge on any atom is 0.470 e. The summed E-state index contributed by atoms with van der Waals surface area (Å²) in [6, 6.07) is -0.243. The molecule has 0 spiro atoms. The number of hydrogen-bond donors (Lipinski definition) is 1. The SMILES string of the molecule is CC(C)(C)NC(=O)N1CCCC(c2nnc(C(F)(F)F)o2)C1. The standard InChI is InChI=1S/C13H19F3N4O2/c1-12(2,3)17-11(21)20-6-4-5-8(7-20)9-18-19-10(22-9)13(14,15)16/h8H,4-7H2,1-3H3,(H,17,21). The summed E-state index contributed by atoms with van der Waals surface area (Å²) in [7, 11) is 0. The van der Waals surface area contributed by atoms with Crippen molar-refractivity contribution in [2.24, 2.45) is 0 Å². The van der Waals surface area contributed by atoms with Gasteiger partial charge in [0.1, 0.15) is 0 Å². The molecule has 0 bridgehead atoms. The molecule has 1 N–H and O–H groups in total. The Balaban J connectivity index is 2.04. The summed E-state index contributed by atoms with van der Waals surface area (Å²) < 4.78 is 42.2. The van der Waals surface area contributed by atoms with Crippen LogP contribution >= 0.6 is 0 Å². The maximum absolute atomic E-state index is 12.5. The van der Waals surface area contributed by atoms with Gasteiger partial charge in [-0.1, -0.05) is 0 Å². The molecular formula is C13H19F3N4O2. The van der Waals surface area contributed by atoms with E-state index in [9.17, 15) is 18.0 Å². The third-order valence-electron chi connectivity index (χ3n) is 3.22. The van der Waals surface area contributed by atoms with Crippen LogP contribution in [-0.4, -0.2) is 39.8 Å². The lowest BCUT2D eigenvalue weighted by atomic mass is 9.98. The van der Waals surface area contributed by atoms with E-state index < -0.39 is 12.1 Å². The molecule has 1 atom stereocenters. The zero-order valence-electron chi connectivity index (χ0n) is 12.7. The number of nitrogens with zero attached hydrogens (tertiary/aromatic N) is 3. The molecule has 1 saturated heterocycles. The van der Waals surface area contributed by atoms with Gasteiger partial charge in [-0.3, -0.25) is 0 Å². The molecule has 1 aromatic heterocycles. The van der Waals surface area contributed by atoms with E-state index in [1.807, 2.05) is 20.8 Å². The van der Waals surface area contributed by atoms with Gasteiger partial charge in [0, 0.05) is 18.6 Å². The highest BCUT2D eigenvalue weighted by Gasteiger charge is 2.39. The number of urea groups is 1. The maximum atomic E-state index is 12.5. The van der Waals surface area contributed by atoms with Crippen LogP contribution in [0.5, 0.6) is 0 Å². The van der Waals surface area contributed by atoms with Gasteiger partial charge >= 0.3 is 18.1 Å². The normalized spacial score (nSPS) is 20.1. The smallest absolute Gasteiger partial charge is 0.417 e. The van der Waals surface area contributed by atoms with E-state index in [4.69, 9.17) is 4.42 Å². The van der Waals surface area contributed by atoms with Gasteiger partial charge in [-0.15, -0.1) is 10.2 Å². The monoisotopic (exact) mass is 320 g/mol. The fourth-order valence-electron chi connectivity index (χ4n) is 2.28. The number of carbonyl (C=O) groups is 1. The Bertz CT molecular complexity index is 536. The van der Waals surface area contributed by atoms with Crippen molar-refractivity contribution in [3.05, 3.63) is 11.8 Å². The number of carbonyl (C=O) groups excluding carboxylic acids is 1. The fraction of sp³-hybridized carbons (Fsp3) is 0.769. The topological polar surface area (TPSA) is 71.3 Å². The van der Waals surface area contributed by atoms with Gasteiger partial charge in [0.05, 0.1) is 5.92 Å². The van der Waals surface area contributed by atoms with Crippen LogP contribution in [0.1, 0.15) is 51.3 Å². The lowest BCUT2D eigenvalue weighted by Gasteiger charge is -2.33. The zero-order valence-corrected chi connectivity index (χ0v) is 12.7. The van der Waals surface area contributed by atoms with Gasteiger partial charge < -0.3 is 14.6 Å². The molecule has 124 valence electrons. The van der Waals surface area contributed by atoms with E-state index in [-0.39, 0.29) is 29.9 Å². The number of aromatic nitrogens is 2. The van der Waals surface area contributed by atoms with Crippen LogP contribution in [0.4, 0.5) is 18.0 Å². The molecule has 1 unspecified atom stereocenters. The molecule has 22 heavy (non-hydrogen) atoms. The predicted molar refractivity (Wildman–Crippen MR) is 71.1 cm³/mol.